The first-order chi connectivity index (χ1) is 20.5. The first-order valence-electron chi connectivity index (χ1n) is 15.7. The molecule has 1 N–H and O–H groups in total. The number of aromatic nitrogens is 3. The molecule has 1 amide bonds. The molecule has 1 saturated heterocycles. The highest BCUT2D eigenvalue weighted by Crippen LogP contribution is 2.09. The summed E-state index contributed by atoms with van der Waals surface area (Å²) < 4.78 is 2.16. The smallest absolute Gasteiger partial charge is 0.280 e. The number of hydrogen-bond acceptors (Lipinski definition) is 4. The number of aryl methyl sites for hydroxylation is 2. The summed E-state index contributed by atoms with van der Waals surface area (Å²) in [6.07, 6.45) is 21.8. The van der Waals surface area contributed by atoms with Gasteiger partial charge in [-0.25, -0.2) is 9.56 Å². The Labute approximate surface area is 271 Å². The van der Waals surface area contributed by atoms with E-state index in [9.17, 15) is 4.79 Å². The van der Waals surface area contributed by atoms with Gasteiger partial charge in [-0.3, -0.25) is 9.78 Å². The number of aromatic amines is 1. The maximum atomic E-state index is 11.0. The van der Waals surface area contributed by atoms with Crippen LogP contribution in [0.5, 0.6) is 0 Å². The van der Waals surface area contributed by atoms with E-state index in [1.54, 1.807) is 24.9 Å². The summed E-state index contributed by atoms with van der Waals surface area (Å²) in [4.78, 5) is 27.3. The molecule has 7 heteroatoms. The van der Waals surface area contributed by atoms with Gasteiger partial charge < -0.3 is 9.88 Å². The Morgan fingerprint density at radius 2 is 1.61 bits per heavy atom. The second kappa shape index (κ2) is 33.9. The number of imidazole rings is 1. The van der Waals surface area contributed by atoms with Crippen LogP contribution in [0.25, 0.3) is 0 Å². The van der Waals surface area contributed by atoms with E-state index in [1.807, 2.05) is 42.6 Å². The summed E-state index contributed by atoms with van der Waals surface area (Å²) in [7, 11) is 0. The van der Waals surface area contributed by atoms with Crippen molar-refractivity contribution in [3.63, 3.8) is 0 Å². The van der Waals surface area contributed by atoms with Crippen LogP contribution in [0.15, 0.2) is 78.6 Å². The third kappa shape index (κ3) is 27.2. The fraction of sp³-hybridized carbons (Fsp3) is 0.541. The summed E-state index contributed by atoms with van der Waals surface area (Å²) >= 11 is 0. The molecular formula is C37H65N6O+. The van der Waals surface area contributed by atoms with Crippen LogP contribution in [0.4, 0.5) is 0 Å². The van der Waals surface area contributed by atoms with Crippen molar-refractivity contribution in [2.75, 3.05) is 26.2 Å². The normalized spacial score (nSPS) is 11.9. The van der Waals surface area contributed by atoms with Crippen molar-refractivity contribution in [2.45, 2.75) is 108 Å². The molecule has 0 spiro atoms. The molecule has 0 aliphatic carbocycles. The highest BCUT2D eigenvalue weighted by atomic mass is 16.2. The Balaban J connectivity index is -0.000000467. The van der Waals surface area contributed by atoms with E-state index in [4.69, 9.17) is 0 Å². The third-order valence-corrected chi connectivity index (χ3v) is 5.84. The van der Waals surface area contributed by atoms with Crippen molar-refractivity contribution >= 4 is 18.5 Å². The van der Waals surface area contributed by atoms with Crippen LogP contribution in [0, 0.1) is 6.92 Å². The zero-order chi connectivity index (χ0) is 31.1. The molecule has 2 aromatic heterocycles. The van der Waals surface area contributed by atoms with Crippen LogP contribution in [0.1, 0.15) is 106 Å². The van der Waals surface area contributed by atoms with E-state index in [0.717, 1.165) is 51.9 Å². The molecular weight excluding hydrogens is 544 g/mol. The van der Waals surface area contributed by atoms with Crippen molar-refractivity contribution < 1.29 is 9.37 Å². The number of unbranched alkanes of at least 4 members (excludes halogenated alkanes) is 2. The molecule has 0 radical (unpaired) electrons. The van der Waals surface area contributed by atoms with E-state index in [0.29, 0.717) is 5.91 Å². The zero-order valence-electron chi connectivity index (χ0n) is 27.2. The number of H-pyrrole nitrogens is 1. The number of aliphatic imine (C=N–C) groups is 1. The lowest BCUT2D eigenvalue weighted by Crippen LogP contribution is -2.25. The van der Waals surface area contributed by atoms with Gasteiger partial charge in [0.25, 0.3) is 6.34 Å². The minimum Gasteiger partial charge on any atom is -0.351 e. The molecule has 1 fully saturated rings. The fourth-order valence-corrected chi connectivity index (χ4v) is 3.51. The Bertz CT molecular complexity index is 1000. The maximum absolute atomic E-state index is 11.0. The highest BCUT2D eigenvalue weighted by Gasteiger charge is 2.18. The number of rotatable bonds is 7. The van der Waals surface area contributed by atoms with E-state index in [1.165, 1.54) is 36.8 Å². The second-order valence-electron chi connectivity index (χ2n) is 9.93. The molecule has 44 heavy (non-hydrogen) atoms. The van der Waals surface area contributed by atoms with Crippen molar-refractivity contribution in [2.24, 2.45) is 4.99 Å². The number of pyridine rings is 1. The fourth-order valence-electron chi connectivity index (χ4n) is 3.51. The number of nitrogens with zero attached hydrogens (tertiary/aromatic N) is 5. The van der Waals surface area contributed by atoms with Gasteiger partial charge in [-0.15, -0.1) is 0 Å². The number of likely N-dealkylation sites (tertiary alicyclic amines) is 1. The van der Waals surface area contributed by atoms with Crippen molar-refractivity contribution in [3.8, 4) is 0 Å². The SMILES string of the molecule is C.C.CCC.CCCCN1CCCC1=O.CCCC[N+]1=CCN=C1.CCc1ccccc1.Cc1cccnc1.c1c[nH]cn1. The van der Waals surface area contributed by atoms with Gasteiger partial charge >= 0.3 is 0 Å². The number of carbonyl (C=O) groups excluding carboxylic acids is 1. The maximum Gasteiger partial charge on any atom is 0.280 e. The standard InChI is InChI=1S/C8H15NO.C8H10.C7H13N2.C6H7N.C3H4N2.C3H8.2CH4/c1-2-3-6-9-7-4-5-8(9)10;1-2-8-6-4-3-5-7-8;1-2-3-5-9-6-4-8-7-9;1-6-3-2-4-7-5-6;1-2-5-3-4-1;1-3-2;;/h2-7H2,1H3;3-7H,2H2,1H3;6-7H,2-5H2,1H3;2-5H,1H3;1-3H,(H,4,5);3H2,1-2H3;2*1H4/q;;+1;;;;;. The summed E-state index contributed by atoms with van der Waals surface area (Å²) in [5, 5.41) is 0. The van der Waals surface area contributed by atoms with Gasteiger partial charge in [0.2, 0.25) is 5.91 Å². The Morgan fingerprint density at radius 1 is 0.909 bits per heavy atom. The second-order valence-corrected chi connectivity index (χ2v) is 9.93. The Kier molecular flexibility index (Phi) is 34.5. The number of carbonyl (C=O) groups is 1. The Hall–Kier alpha value is -3.61. The Morgan fingerprint density at radius 3 is 1.98 bits per heavy atom. The van der Waals surface area contributed by atoms with Gasteiger partial charge in [-0.1, -0.05) is 110 Å². The van der Waals surface area contributed by atoms with Gasteiger partial charge in [-0.2, -0.15) is 0 Å². The monoisotopic (exact) mass is 610 g/mol. The van der Waals surface area contributed by atoms with Gasteiger partial charge in [0.15, 0.2) is 6.54 Å². The van der Waals surface area contributed by atoms with Crippen LogP contribution >= 0.6 is 0 Å². The van der Waals surface area contributed by atoms with Crippen LogP contribution in [-0.4, -0.2) is 69.1 Å². The molecule has 7 nitrogen and oxygen atoms in total. The third-order valence-electron chi connectivity index (χ3n) is 5.84. The number of benzene rings is 1. The molecule has 248 valence electrons. The highest BCUT2D eigenvalue weighted by molar-refractivity contribution is 5.78. The summed E-state index contributed by atoms with van der Waals surface area (Å²) in [6.45, 7) is 16.8. The molecule has 1 aromatic carbocycles. The average Bonchev–Trinajstić information content (AvgIpc) is 3.83. The van der Waals surface area contributed by atoms with Crippen molar-refractivity contribution in [1.82, 2.24) is 19.9 Å². The minimum absolute atomic E-state index is 0. The first kappa shape index (κ1) is 44.8. The summed E-state index contributed by atoms with van der Waals surface area (Å²) in [6, 6.07) is 14.4. The van der Waals surface area contributed by atoms with E-state index < -0.39 is 0 Å². The topological polar surface area (TPSA) is 77.2 Å². The molecule has 2 aliphatic rings. The summed E-state index contributed by atoms with van der Waals surface area (Å²) in [5.74, 6) is 0.355. The largest absolute Gasteiger partial charge is 0.351 e. The molecule has 5 rings (SSSR count). The van der Waals surface area contributed by atoms with Gasteiger partial charge in [-0.05, 0) is 49.8 Å². The average molecular weight is 610 g/mol. The van der Waals surface area contributed by atoms with Crippen molar-refractivity contribution in [1.29, 1.82) is 0 Å². The van der Waals surface area contributed by atoms with E-state index in [-0.39, 0.29) is 14.9 Å². The number of nitrogens with one attached hydrogen (secondary N) is 1. The van der Waals surface area contributed by atoms with Gasteiger partial charge in [0.05, 0.1) is 12.9 Å². The van der Waals surface area contributed by atoms with Crippen LogP contribution in [-0.2, 0) is 11.2 Å². The van der Waals surface area contributed by atoms with E-state index >= 15 is 0 Å². The quantitative estimate of drug-likeness (QED) is 0.272. The van der Waals surface area contributed by atoms with Crippen LogP contribution in [0.3, 0.4) is 0 Å². The molecule has 0 unspecified atom stereocenters. The van der Waals surface area contributed by atoms with E-state index in [2.05, 4.69) is 89.6 Å². The van der Waals surface area contributed by atoms with Gasteiger partial charge in [0, 0.05) is 44.3 Å². The van der Waals surface area contributed by atoms with Crippen LogP contribution < -0.4 is 0 Å². The molecule has 0 saturated carbocycles. The molecule has 0 atom stereocenters. The molecule has 4 heterocycles. The molecule has 3 aromatic rings. The number of hydrogen-bond donors (Lipinski definition) is 1. The molecule has 0 bridgehead atoms. The lowest BCUT2D eigenvalue weighted by Gasteiger charge is -2.13. The van der Waals surface area contributed by atoms with Crippen molar-refractivity contribution in [3.05, 3.63) is 84.7 Å². The predicted octanol–water partition coefficient (Wildman–Crippen LogP) is 9.06. The van der Waals surface area contributed by atoms with Crippen LogP contribution in [0.2, 0.25) is 0 Å². The minimum atomic E-state index is 0. The number of amides is 1. The molecule has 2 aliphatic heterocycles. The summed E-state index contributed by atoms with van der Waals surface area (Å²) in [5.41, 5.74) is 2.62. The predicted molar refractivity (Wildman–Crippen MR) is 193 cm³/mol. The lowest BCUT2D eigenvalue weighted by atomic mass is 10.2. The zero-order valence-corrected chi connectivity index (χ0v) is 27.2. The van der Waals surface area contributed by atoms with Gasteiger partial charge in [0.1, 0.15) is 6.21 Å². The lowest BCUT2D eigenvalue weighted by molar-refractivity contribution is -0.390. The first-order valence-corrected chi connectivity index (χ1v) is 15.7.